The van der Waals surface area contributed by atoms with Crippen molar-refractivity contribution in [3.8, 4) is 0 Å². The first-order valence-electron chi connectivity index (χ1n) is 4.70. The highest BCUT2D eigenvalue weighted by Crippen LogP contribution is 2.21. The van der Waals surface area contributed by atoms with Gasteiger partial charge in [-0.25, -0.2) is 0 Å². The maximum absolute atomic E-state index is 2.28. The fourth-order valence-electron chi connectivity index (χ4n) is 1.67. The van der Waals surface area contributed by atoms with Crippen molar-refractivity contribution in [2.75, 3.05) is 0 Å². The van der Waals surface area contributed by atoms with E-state index >= 15 is 0 Å². The molecule has 0 saturated heterocycles. The van der Waals surface area contributed by atoms with Gasteiger partial charge in [-0.05, 0) is 31.4 Å². The molecule has 1 aliphatic carbocycles. The molecule has 1 aliphatic rings. The van der Waals surface area contributed by atoms with Crippen molar-refractivity contribution in [1.82, 2.24) is 0 Å². The molecule has 1 aromatic rings. The van der Waals surface area contributed by atoms with E-state index in [1.807, 2.05) is 0 Å². The first-order valence-corrected chi connectivity index (χ1v) is 4.70. The number of rotatable bonds is 0. The van der Waals surface area contributed by atoms with Gasteiger partial charge in [-0.2, -0.15) is 0 Å². The second-order valence-electron chi connectivity index (χ2n) is 3.73. The number of hydrogen-bond donors (Lipinski definition) is 0. The molecule has 0 N–H and O–H groups in total. The molecule has 0 unspecified atom stereocenters. The summed E-state index contributed by atoms with van der Waals surface area (Å²) in [7, 11) is 0. The zero-order valence-electron chi connectivity index (χ0n) is 8.17. The summed E-state index contributed by atoms with van der Waals surface area (Å²) in [6, 6.07) is 6.60. The van der Waals surface area contributed by atoms with Gasteiger partial charge in [-0.15, -0.1) is 0 Å². The van der Waals surface area contributed by atoms with Gasteiger partial charge in [0.15, 0.2) is 0 Å². The number of fused-ring (bicyclic) bond motifs is 1. The zero-order valence-corrected chi connectivity index (χ0v) is 8.17. The highest BCUT2D eigenvalue weighted by atomic mass is 14.1. The van der Waals surface area contributed by atoms with Crippen LogP contribution in [0.2, 0.25) is 0 Å². The van der Waals surface area contributed by atoms with Crippen LogP contribution in [0.15, 0.2) is 29.8 Å². The number of benzene rings is 1. The SMILES string of the molecule is CC1=Cc2cc(C)ccc2C=CC1. The zero-order chi connectivity index (χ0) is 9.26. The predicted octanol–water partition coefficient (Wildman–Crippen LogP) is 3.82. The Morgan fingerprint density at radius 2 is 1.92 bits per heavy atom. The Hall–Kier alpha value is -1.30. The van der Waals surface area contributed by atoms with Gasteiger partial charge in [0, 0.05) is 0 Å². The van der Waals surface area contributed by atoms with E-state index in [1.54, 1.807) is 0 Å². The molecule has 0 heteroatoms. The molecule has 0 heterocycles. The largest absolute Gasteiger partial charge is 0.0799 e. The van der Waals surface area contributed by atoms with Gasteiger partial charge < -0.3 is 0 Å². The Bertz CT molecular complexity index is 381. The van der Waals surface area contributed by atoms with Crippen molar-refractivity contribution in [1.29, 1.82) is 0 Å². The van der Waals surface area contributed by atoms with Gasteiger partial charge in [0.1, 0.15) is 0 Å². The third kappa shape index (κ3) is 1.72. The Morgan fingerprint density at radius 1 is 1.08 bits per heavy atom. The van der Waals surface area contributed by atoms with Crippen molar-refractivity contribution in [3.63, 3.8) is 0 Å². The maximum atomic E-state index is 2.28. The summed E-state index contributed by atoms with van der Waals surface area (Å²) in [5.74, 6) is 0. The third-order valence-corrected chi connectivity index (χ3v) is 2.38. The molecule has 0 aromatic heterocycles. The summed E-state index contributed by atoms with van der Waals surface area (Å²) in [5.41, 5.74) is 5.45. The van der Waals surface area contributed by atoms with Crippen molar-refractivity contribution >= 4 is 12.2 Å². The highest BCUT2D eigenvalue weighted by molar-refractivity contribution is 5.69. The second kappa shape index (κ2) is 3.21. The van der Waals surface area contributed by atoms with Gasteiger partial charge in [0.25, 0.3) is 0 Å². The molecule has 0 atom stereocenters. The quantitative estimate of drug-likeness (QED) is 0.555. The Labute approximate surface area is 79.6 Å². The van der Waals surface area contributed by atoms with E-state index in [0.717, 1.165) is 6.42 Å². The van der Waals surface area contributed by atoms with Crippen LogP contribution in [0.1, 0.15) is 30.0 Å². The minimum absolute atomic E-state index is 1.08. The third-order valence-electron chi connectivity index (χ3n) is 2.38. The molecule has 2 rings (SSSR count). The molecule has 13 heavy (non-hydrogen) atoms. The lowest BCUT2D eigenvalue weighted by atomic mass is 10.0. The van der Waals surface area contributed by atoms with E-state index in [9.17, 15) is 0 Å². The molecule has 1 aromatic carbocycles. The predicted molar refractivity (Wildman–Crippen MR) is 58.5 cm³/mol. The van der Waals surface area contributed by atoms with Crippen LogP contribution in [0, 0.1) is 6.92 Å². The Kier molecular flexibility index (Phi) is 2.05. The fraction of sp³-hybridized carbons (Fsp3) is 0.231. The van der Waals surface area contributed by atoms with Crippen LogP contribution in [0.4, 0.5) is 0 Å². The van der Waals surface area contributed by atoms with Gasteiger partial charge in [-0.3, -0.25) is 0 Å². The summed E-state index contributed by atoms with van der Waals surface area (Å²) in [6.07, 6.45) is 7.80. The van der Waals surface area contributed by atoms with Gasteiger partial charge in [0.2, 0.25) is 0 Å². The first-order chi connectivity index (χ1) is 6.25. The fourth-order valence-corrected chi connectivity index (χ4v) is 1.67. The van der Waals surface area contributed by atoms with Crippen LogP contribution in [0.5, 0.6) is 0 Å². The molecule has 0 saturated carbocycles. The highest BCUT2D eigenvalue weighted by Gasteiger charge is 2.00. The van der Waals surface area contributed by atoms with E-state index in [0.29, 0.717) is 0 Å². The van der Waals surface area contributed by atoms with Crippen LogP contribution in [-0.2, 0) is 0 Å². The van der Waals surface area contributed by atoms with Crippen LogP contribution in [-0.4, -0.2) is 0 Å². The summed E-state index contributed by atoms with van der Waals surface area (Å²) < 4.78 is 0. The number of aryl methyl sites for hydroxylation is 1. The number of hydrogen-bond acceptors (Lipinski definition) is 0. The van der Waals surface area contributed by atoms with E-state index < -0.39 is 0 Å². The van der Waals surface area contributed by atoms with Gasteiger partial charge in [-0.1, -0.05) is 47.6 Å². The molecule has 0 spiro atoms. The molecule has 0 nitrogen and oxygen atoms in total. The maximum Gasteiger partial charge on any atom is -0.0135 e. The molecule has 0 amide bonds. The van der Waals surface area contributed by atoms with Crippen molar-refractivity contribution in [3.05, 3.63) is 46.5 Å². The van der Waals surface area contributed by atoms with Crippen LogP contribution in [0.25, 0.3) is 12.2 Å². The van der Waals surface area contributed by atoms with Crippen molar-refractivity contribution in [2.24, 2.45) is 0 Å². The van der Waals surface area contributed by atoms with Crippen LogP contribution in [0.3, 0.4) is 0 Å². The second-order valence-corrected chi connectivity index (χ2v) is 3.73. The molecule has 0 bridgehead atoms. The Morgan fingerprint density at radius 3 is 2.77 bits per heavy atom. The van der Waals surface area contributed by atoms with Crippen LogP contribution < -0.4 is 0 Å². The molecule has 0 radical (unpaired) electrons. The number of allylic oxidation sites excluding steroid dienone is 2. The average molecular weight is 170 g/mol. The Balaban J connectivity index is 2.59. The van der Waals surface area contributed by atoms with E-state index in [2.05, 4.69) is 50.3 Å². The van der Waals surface area contributed by atoms with E-state index in [1.165, 1.54) is 22.3 Å². The molecule has 0 aliphatic heterocycles. The van der Waals surface area contributed by atoms with Crippen molar-refractivity contribution in [2.45, 2.75) is 20.3 Å². The molecular weight excluding hydrogens is 156 g/mol. The van der Waals surface area contributed by atoms with Crippen molar-refractivity contribution < 1.29 is 0 Å². The topological polar surface area (TPSA) is 0 Å². The molecule has 66 valence electrons. The minimum Gasteiger partial charge on any atom is -0.0799 e. The lowest BCUT2D eigenvalue weighted by Crippen LogP contribution is -1.81. The first kappa shape index (κ1) is 8.31. The average Bonchev–Trinajstić information content (AvgIpc) is 2.25. The minimum atomic E-state index is 1.08. The lowest BCUT2D eigenvalue weighted by molar-refractivity contribution is 1.24. The van der Waals surface area contributed by atoms with Crippen LogP contribution >= 0.6 is 0 Å². The molecule has 0 fully saturated rings. The standard InChI is InChI=1S/C13H14/c1-10-4-3-5-12-7-6-11(2)9-13(12)8-10/h3,5-9H,4H2,1-2H3. The van der Waals surface area contributed by atoms with E-state index in [4.69, 9.17) is 0 Å². The summed E-state index contributed by atoms with van der Waals surface area (Å²) in [6.45, 7) is 4.32. The summed E-state index contributed by atoms with van der Waals surface area (Å²) >= 11 is 0. The lowest BCUT2D eigenvalue weighted by Gasteiger charge is -2.01. The summed E-state index contributed by atoms with van der Waals surface area (Å²) in [4.78, 5) is 0. The smallest absolute Gasteiger partial charge is 0.0135 e. The van der Waals surface area contributed by atoms with Gasteiger partial charge >= 0.3 is 0 Å². The van der Waals surface area contributed by atoms with E-state index in [-0.39, 0.29) is 0 Å². The van der Waals surface area contributed by atoms with Gasteiger partial charge in [0.05, 0.1) is 0 Å². The molecular formula is C13H14. The summed E-state index contributed by atoms with van der Waals surface area (Å²) in [5, 5.41) is 0. The monoisotopic (exact) mass is 170 g/mol. The normalized spacial score (nSPS) is 14.8.